The van der Waals surface area contributed by atoms with E-state index < -0.39 is 0 Å². The van der Waals surface area contributed by atoms with Gasteiger partial charge >= 0.3 is 0 Å². The molecule has 3 aromatic rings. The van der Waals surface area contributed by atoms with Crippen molar-refractivity contribution >= 4 is 11.5 Å². The molecule has 0 bridgehead atoms. The molecule has 0 aromatic carbocycles. The number of pyridine rings is 2. The van der Waals surface area contributed by atoms with Crippen LogP contribution in [0.1, 0.15) is 37.9 Å². The Balaban J connectivity index is 2.39. The van der Waals surface area contributed by atoms with Gasteiger partial charge in [-0.2, -0.15) is 5.10 Å². The van der Waals surface area contributed by atoms with Gasteiger partial charge in [0.15, 0.2) is 11.5 Å². The number of amidine groups is 1. The molecule has 0 aliphatic rings. The van der Waals surface area contributed by atoms with Gasteiger partial charge in [0.05, 0.1) is 5.56 Å². The Bertz CT molecular complexity index is 887. The molecule has 3 rings (SSSR count). The lowest BCUT2D eigenvalue weighted by Gasteiger charge is -2.11. The second kappa shape index (κ2) is 5.15. The van der Waals surface area contributed by atoms with Crippen molar-refractivity contribution in [1.82, 2.24) is 19.6 Å². The van der Waals surface area contributed by atoms with Crippen LogP contribution in [0.5, 0.6) is 0 Å². The van der Waals surface area contributed by atoms with E-state index >= 15 is 0 Å². The number of nitrogens with one attached hydrogen (secondary N) is 1. The van der Waals surface area contributed by atoms with E-state index in [1.54, 1.807) is 16.9 Å². The number of aromatic nitrogens is 4. The van der Waals surface area contributed by atoms with Crippen LogP contribution in [-0.4, -0.2) is 25.4 Å². The summed E-state index contributed by atoms with van der Waals surface area (Å²) in [5.74, 6) is 0.702. The predicted molar refractivity (Wildman–Crippen MR) is 90.7 cm³/mol. The Morgan fingerprint density at radius 2 is 2.04 bits per heavy atom. The largest absolute Gasteiger partial charge is 0.384 e. The van der Waals surface area contributed by atoms with Crippen LogP contribution in [0.4, 0.5) is 0 Å². The highest BCUT2D eigenvalue weighted by Crippen LogP contribution is 2.29. The Morgan fingerprint density at radius 3 is 2.61 bits per heavy atom. The van der Waals surface area contributed by atoms with Gasteiger partial charge in [0.1, 0.15) is 5.84 Å². The number of aryl methyl sites for hydroxylation is 1. The van der Waals surface area contributed by atoms with Gasteiger partial charge in [-0.05, 0) is 24.6 Å². The van der Waals surface area contributed by atoms with E-state index in [0.29, 0.717) is 11.2 Å². The standard InChI is InChI=1S/C17H20N6/c1-10-8-12(11-6-5-7-20-9-11)13(14(18)19)15-21-16(17(2,3)4)22-23(10)15/h5-9H,1-4H3,(H3,18,19). The number of fused-ring (bicyclic) bond motifs is 1. The first-order chi connectivity index (χ1) is 10.8. The van der Waals surface area contributed by atoms with Crippen LogP contribution in [0.3, 0.4) is 0 Å². The van der Waals surface area contributed by atoms with Crippen molar-refractivity contribution in [2.24, 2.45) is 5.73 Å². The fourth-order valence-corrected chi connectivity index (χ4v) is 2.52. The number of hydrogen-bond donors (Lipinski definition) is 2. The average molecular weight is 308 g/mol. The van der Waals surface area contributed by atoms with E-state index in [1.807, 2.05) is 25.1 Å². The molecule has 3 aromatic heterocycles. The molecule has 0 aliphatic carbocycles. The molecular weight excluding hydrogens is 288 g/mol. The normalized spacial score (nSPS) is 11.8. The fraction of sp³-hybridized carbons (Fsp3) is 0.294. The van der Waals surface area contributed by atoms with Crippen LogP contribution in [0.25, 0.3) is 16.8 Å². The fourth-order valence-electron chi connectivity index (χ4n) is 2.52. The summed E-state index contributed by atoms with van der Waals surface area (Å²) in [6.45, 7) is 8.16. The van der Waals surface area contributed by atoms with Crippen LogP contribution >= 0.6 is 0 Å². The molecule has 0 radical (unpaired) electrons. The first-order valence-electron chi connectivity index (χ1n) is 7.44. The van der Waals surface area contributed by atoms with Crippen LogP contribution in [-0.2, 0) is 5.41 Å². The highest BCUT2D eigenvalue weighted by molar-refractivity contribution is 6.06. The minimum Gasteiger partial charge on any atom is -0.384 e. The lowest BCUT2D eigenvalue weighted by Crippen LogP contribution is -2.15. The molecule has 3 N–H and O–H groups in total. The summed E-state index contributed by atoms with van der Waals surface area (Å²) in [6.07, 6.45) is 3.48. The van der Waals surface area contributed by atoms with E-state index in [4.69, 9.17) is 11.1 Å². The SMILES string of the molecule is Cc1cc(-c2cccnc2)c(C(=N)N)c2nc(C(C)(C)C)nn12. The maximum Gasteiger partial charge on any atom is 0.167 e. The minimum absolute atomic E-state index is 0.0262. The molecule has 0 fully saturated rings. The summed E-state index contributed by atoms with van der Waals surface area (Å²) in [5, 5.41) is 12.6. The maximum absolute atomic E-state index is 8.02. The van der Waals surface area contributed by atoms with Crippen molar-refractivity contribution in [2.75, 3.05) is 0 Å². The van der Waals surface area contributed by atoms with Crippen molar-refractivity contribution in [3.63, 3.8) is 0 Å². The van der Waals surface area contributed by atoms with Gasteiger partial charge in [-0.25, -0.2) is 9.50 Å². The quantitative estimate of drug-likeness (QED) is 0.562. The highest BCUT2D eigenvalue weighted by atomic mass is 15.3. The molecule has 0 unspecified atom stereocenters. The third kappa shape index (κ3) is 2.56. The highest BCUT2D eigenvalue weighted by Gasteiger charge is 2.24. The zero-order chi connectivity index (χ0) is 16.8. The van der Waals surface area contributed by atoms with Crippen molar-refractivity contribution in [2.45, 2.75) is 33.1 Å². The molecule has 0 spiro atoms. The van der Waals surface area contributed by atoms with Crippen LogP contribution < -0.4 is 5.73 Å². The summed E-state index contributed by atoms with van der Waals surface area (Å²) >= 11 is 0. The van der Waals surface area contributed by atoms with Gasteiger partial charge in [0.2, 0.25) is 0 Å². The van der Waals surface area contributed by atoms with Gasteiger partial charge in [-0.1, -0.05) is 26.8 Å². The predicted octanol–water partition coefficient (Wildman–Crippen LogP) is 2.68. The number of nitrogens with two attached hydrogens (primary N) is 1. The average Bonchev–Trinajstić information content (AvgIpc) is 2.93. The molecule has 0 amide bonds. The number of nitrogens with zero attached hydrogens (tertiary/aromatic N) is 4. The number of nitrogen functional groups attached to an aromatic ring is 1. The molecular formula is C17H20N6. The van der Waals surface area contributed by atoms with Gasteiger partial charge in [-0.15, -0.1) is 0 Å². The van der Waals surface area contributed by atoms with E-state index in [-0.39, 0.29) is 11.3 Å². The third-order valence-corrected chi connectivity index (χ3v) is 3.70. The number of rotatable bonds is 2. The van der Waals surface area contributed by atoms with Crippen LogP contribution in [0.2, 0.25) is 0 Å². The lowest BCUT2D eigenvalue weighted by molar-refractivity contribution is 0.544. The molecule has 0 aliphatic heterocycles. The second-order valence-corrected chi connectivity index (χ2v) is 6.65. The molecule has 0 saturated carbocycles. The Labute approximate surface area is 134 Å². The molecule has 3 heterocycles. The Morgan fingerprint density at radius 1 is 1.30 bits per heavy atom. The smallest absolute Gasteiger partial charge is 0.167 e. The van der Waals surface area contributed by atoms with Crippen molar-refractivity contribution in [3.8, 4) is 11.1 Å². The summed E-state index contributed by atoms with van der Waals surface area (Å²) in [4.78, 5) is 8.82. The Kier molecular flexibility index (Phi) is 3.39. The van der Waals surface area contributed by atoms with Crippen LogP contribution in [0.15, 0.2) is 30.6 Å². The first kappa shape index (κ1) is 15.1. The maximum atomic E-state index is 8.02. The van der Waals surface area contributed by atoms with Gasteiger partial charge in [-0.3, -0.25) is 10.4 Å². The van der Waals surface area contributed by atoms with Gasteiger partial charge in [0.25, 0.3) is 0 Å². The summed E-state index contributed by atoms with van der Waals surface area (Å²) in [6, 6.07) is 5.79. The van der Waals surface area contributed by atoms with E-state index in [0.717, 1.165) is 22.6 Å². The van der Waals surface area contributed by atoms with E-state index in [9.17, 15) is 0 Å². The summed E-state index contributed by atoms with van der Waals surface area (Å²) in [5.41, 5.74) is 9.58. The Hall–Kier alpha value is -2.76. The topological polar surface area (TPSA) is 93.0 Å². The zero-order valence-corrected chi connectivity index (χ0v) is 13.8. The summed E-state index contributed by atoms with van der Waals surface area (Å²) < 4.78 is 1.76. The first-order valence-corrected chi connectivity index (χ1v) is 7.44. The molecule has 6 nitrogen and oxygen atoms in total. The van der Waals surface area contributed by atoms with Crippen molar-refractivity contribution < 1.29 is 0 Å². The van der Waals surface area contributed by atoms with Gasteiger partial charge in [0, 0.05) is 29.1 Å². The monoisotopic (exact) mass is 308 g/mol. The van der Waals surface area contributed by atoms with Crippen LogP contribution in [0, 0.1) is 12.3 Å². The summed E-state index contributed by atoms with van der Waals surface area (Å²) in [7, 11) is 0. The third-order valence-electron chi connectivity index (χ3n) is 3.70. The lowest BCUT2D eigenvalue weighted by atomic mass is 9.96. The van der Waals surface area contributed by atoms with Crippen molar-refractivity contribution in [3.05, 3.63) is 47.7 Å². The van der Waals surface area contributed by atoms with E-state index in [2.05, 4.69) is 35.8 Å². The molecule has 0 saturated heterocycles. The second-order valence-electron chi connectivity index (χ2n) is 6.65. The molecule has 6 heteroatoms. The van der Waals surface area contributed by atoms with E-state index in [1.165, 1.54) is 0 Å². The molecule has 0 atom stereocenters. The zero-order valence-electron chi connectivity index (χ0n) is 13.8. The molecule has 23 heavy (non-hydrogen) atoms. The molecule has 118 valence electrons. The number of hydrogen-bond acceptors (Lipinski definition) is 4. The van der Waals surface area contributed by atoms with Gasteiger partial charge < -0.3 is 5.73 Å². The van der Waals surface area contributed by atoms with Crippen molar-refractivity contribution in [1.29, 1.82) is 5.41 Å². The minimum atomic E-state index is -0.180.